The lowest BCUT2D eigenvalue weighted by molar-refractivity contribution is 0.612. The zero-order valence-electron chi connectivity index (χ0n) is 10.5. The molecule has 19 heavy (non-hydrogen) atoms. The summed E-state index contributed by atoms with van der Waals surface area (Å²) in [5, 5.41) is 3.29. The second-order valence-corrected chi connectivity index (χ2v) is 6.08. The summed E-state index contributed by atoms with van der Waals surface area (Å²) in [5.41, 5.74) is 2.92. The van der Waals surface area contributed by atoms with Gasteiger partial charge < -0.3 is 5.32 Å². The summed E-state index contributed by atoms with van der Waals surface area (Å²) in [6.07, 6.45) is 0.935. The molecule has 0 unspecified atom stereocenters. The molecule has 0 heterocycles. The Morgan fingerprint density at radius 2 is 1.68 bits per heavy atom. The third-order valence-corrected chi connectivity index (χ3v) is 3.92. The molecule has 0 bridgehead atoms. The minimum atomic E-state index is -0.197. The van der Waals surface area contributed by atoms with Crippen LogP contribution in [0.25, 0.3) is 0 Å². The van der Waals surface area contributed by atoms with Gasteiger partial charge in [0.2, 0.25) is 0 Å². The quantitative estimate of drug-likeness (QED) is 0.728. The van der Waals surface area contributed by atoms with Crippen LogP contribution in [-0.2, 0) is 13.0 Å². The molecule has 100 valence electrons. The number of anilines is 1. The number of nitrogens with one attached hydrogen (secondary N) is 1. The number of benzene rings is 2. The van der Waals surface area contributed by atoms with Crippen molar-refractivity contribution in [2.24, 2.45) is 0 Å². The topological polar surface area (TPSA) is 12.0 Å². The molecule has 1 N–H and O–H groups in total. The first-order chi connectivity index (χ1) is 9.10. The Labute approximate surface area is 129 Å². The van der Waals surface area contributed by atoms with Crippen molar-refractivity contribution in [2.75, 3.05) is 5.32 Å². The zero-order chi connectivity index (χ0) is 13.8. The SMILES string of the molecule is CCc1cc(Br)ccc1NCc1ccc(Br)cc1F. The van der Waals surface area contributed by atoms with Gasteiger partial charge in [-0.25, -0.2) is 4.39 Å². The monoisotopic (exact) mass is 385 g/mol. The first-order valence-corrected chi connectivity index (χ1v) is 7.65. The molecule has 0 saturated heterocycles. The van der Waals surface area contributed by atoms with E-state index in [9.17, 15) is 4.39 Å². The molecule has 0 aliphatic rings. The van der Waals surface area contributed by atoms with Crippen LogP contribution in [0.5, 0.6) is 0 Å². The van der Waals surface area contributed by atoms with Gasteiger partial charge in [0.15, 0.2) is 0 Å². The lowest BCUT2D eigenvalue weighted by atomic mass is 10.1. The van der Waals surface area contributed by atoms with E-state index in [1.54, 1.807) is 6.07 Å². The molecule has 0 fully saturated rings. The van der Waals surface area contributed by atoms with Gasteiger partial charge in [0.05, 0.1) is 0 Å². The Kier molecular flexibility index (Phi) is 4.99. The largest absolute Gasteiger partial charge is 0.381 e. The Bertz CT molecular complexity index is 584. The highest BCUT2D eigenvalue weighted by Crippen LogP contribution is 2.23. The van der Waals surface area contributed by atoms with E-state index in [0.29, 0.717) is 12.1 Å². The van der Waals surface area contributed by atoms with Crippen LogP contribution in [0.1, 0.15) is 18.1 Å². The molecule has 0 amide bonds. The average Bonchev–Trinajstić information content (AvgIpc) is 2.39. The molecule has 4 heteroatoms. The number of hydrogen-bond acceptors (Lipinski definition) is 1. The summed E-state index contributed by atoms with van der Waals surface area (Å²) in [7, 11) is 0. The maximum absolute atomic E-state index is 13.7. The van der Waals surface area contributed by atoms with Crippen molar-refractivity contribution in [3.63, 3.8) is 0 Å². The van der Waals surface area contributed by atoms with E-state index in [-0.39, 0.29) is 5.82 Å². The summed E-state index contributed by atoms with van der Waals surface area (Å²) >= 11 is 6.72. The lowest BCUT2D eigenvalue weighted by Crippen LogP contribution is -2.04. The molecule has 0 radical (unpaired) electrons. The Balaban J connectivity index is 2.14. The maximum Gasteiger partial charge on any atom is 0.129 e. The third kappa shape index (κ3) is 3.80. The van der Waals surface area contributed by atoms with Crippen molar-refractivity contribution in [1.82, 2.24) is 0 Å². The van der Waals surface area contributed by atoms with E-state index in [0.717, 1.165) is 21.1 Å². The van der Waals surface area contributed by atoms with E-state index in [1.807, 2.05) is 18.2 Å². The molecule has 0 aliphatic heterocycles. The van der Waals surface area contributed by atoms with E-state index < -0.39 is 0 Å². The second kappa shape index (κ2) is 6.53. The van der Waals surface area contributed by atoms with E-state index in [1.165, 1.54) is 11.6 Å². The van der Waals surface area contributed by atoms with Gasteiger partial charge in [0, 0.05) is 26.7 Å². The summed E-state index contributed by atoms with van der Waals surface area (Å²) in [6.45, 7) is 2.58. The third-order valence-electron chi connectivity index (χ3n) is 2.93. The second-order valence-electron chi connectivity index (χ2n) is 4.24. The zero-order valence-corrected chi connectivity index (χ0v) is 13.7. The molecule has 0 saturated carbocycles. The number of halogens is 3. The fourth-order valence-corrected chi connectivity index (χ4v) is 2.62. The van der Waals surface area contributed by atoms with Gasteiger partial charge in [0.25, 0.3) is 0 Å². The number of hydrogen-bond donors (Lipinski definition) is 1. The molecule has 2 aromatic rings. The van der Waals surface area contributed by atoms with Crippen LogP contribution in [0.4, 0.5) is 10.1 Å². The van der Waals surface area contributed by atoms with Crippen LogP contribution in [-0.4, -0.2) is 0 Å². The molecular formula is C15H14Br2FN. The van der Waals surface area contributed by atoms with Gasteiger partial charge in [0.1, 0.15) is 5.82 Å². The summed E-state index contributed by atoms with van der Waals surface area (Å²) in [5.74, 6) is -0.197. The van der Waals surface area contributed by atoms with Crippen LogP contribution in [0.3, 0.4) is 0 Å². The molecule has 1 nitrogen and oxygen atoms in total. The predicted molar refractivity (Wildman–Crippen MR) is 84.9 cm³/mol. The first kappa shape index (κ1) is 14.5. The molecule has 0 aromatic heterocycles. The van der Waals surface area contributed by atoms with Gasteiger partial charge in [-0.3, -0.25) is 0 Å². The average molecular weight is 387 g/mol. The highest BCUT2D eigenvalue weighted by molar-refractivity contribution is 9.10. The van der Waals surface area contributed by atoms with Crippen LogP contribution in [0.15, 0.2) is 45.3 Å². The molecule has 0 spiro atoms. The van der Waals surface area contributed by atoms with E-state index in [4.69, 9.17) is 0 Å². The number of aryl methyl sites for hydroxylation is 1. The summed E-state index contributed by atoms with van der Waals surface area (Å²) in [4.78, 5) is 0. The van der Waals surface area contributed by atoms with Gasteiger partial charge in [-0.15, -0.1) is 0 Å². The molecule has 2 aromatic carbocycles. The van der Waals surface area contributed by atoms with Crippen molar-refractivity contribution in [3.8, 4) is 0 Å². The van der Waals surface area contributed by atoms with Crippen molar-refractivity contribution in [2.45, 2.75) is 19.9 Å². The smallest absolute Gasteiger partial charge is 0.129 e. The van der Waals surface area contributed by atoms with Gasteiger partial charge in [-0.2, -0.15) is 0 Å². The van der Waals surface area contributed by atoms with Crippen molar-refractivity contribution in [1.29, 1.82) is 0 Å². The highest BCUT2D eigenvalue weighted by atomic mass is 79.9. The lowest BCUT2D eigenvalue weighted by Gasteiger charge is -2.12. The van der Waals surface area contributed by atoms with E-state index in [2.05, 4.69) is 50.2 Å². The predicted octanol–water partition coefficient (Wildman–Crippen LogP) is 5.53. The van der Waals surface area contributed by atoms with Gasteiger partial charge in [-0.05, 0) is 42.3 Å². The van der Waals surface area contributed by atoms with Crippen molar-refractivity contribution < 1.29 is 4.39 Å². The van der Waals surface area contributed by atoms with Gasteiger partial charge >= 0.3 is 0 Å². The van der Waals surface area contributed by atoms with Crippen molar-refractivity contribution >= 4 is 37.5 Å². The molecule has 2 rings (SSSR count). The van der Waals surface area contributed by atoms with Crippen LogP contribution in [0, 0.1) is 5.82 Å². The number of rotatable bonds is 4. The Hall–Kier alpha value is -0.870. The maximum atomic E-state index is 13.7. The fraction of sp³-hybridized carbons (Fsp3) is 0.200. The molecular weight excluding hydrogens is 373 g/mol. The van der Waals surface area contributed by atoms with E-state index >= 15 is 0 Å². The molecule has 0 atom stereocenters. The van der Waals surface area contributed by atoms with Crippen LogP contribution < -0.4 is 5.32 Å². The fourth-order valence-electron chi connectivity index (χ4n) is 1.88. The van der Waals surface area contributed by atoms with Crippen LogP contribution >= 0.6 is 31.9 Å². The summed E-state index contributed by atoms with van der Waals surface area (Å²) in [6, 6.07) is 11.2. The Morgan fingerprint density at radius 1 is 1.00 bits per heavy atom. The van der Waals surface area contributed by atoms with Crippen molar-refractivity contribution in [3.05, 3.63) is 62.3 Å². The normalized spacial score (nSPS) is 10.5. The minimum absolute atomic E-state index is 0.197. The summed E-state index contributed by atoms with van der Waals surface area (Å²) < 4.78 is 15.5. The highest BCUT2D eigenvalue weighted by Gasteiger charge is 2.05. The van der Waals surface area contributed by atoms with Crippen LogP contribution in [0.2, 0.25) is 0 Å². The minimum Gasteiger partial charge on any atom is -0.381 e. The first-order valence-electron chi connectivity index (χ1n) is 6.06. The standard InChI is InChI=1S/C15H14Br2FN/c1-2-10-7-12(16)5-6-15(10)19-9-11-3-4-13(17)8-14(11)18/h3-8,19H,2,9H2,1H3. The van der Waals surface area contributed by atoms with Gasteiger partial charge in [-0.1, -0.05) is 44.8 Å². The Morgan fingerprint density at radius 3 is 2.37 bits per heavy atom. The molecule has 0 aliphatic carbocycles.